The van der Waals surface area contributed by atoms with Crippen LogP contribution in [-0.2, 0) is 22.7 Å². The Morgan fingerprint density at radius 2 is 1.96 bits per heavy atom. The number of aliphatic hydroxyl groups is 1. The Balaban J connectivity index is 1.41. The molecule has 140 valence electrons. The largest absolute Gasteiger partial charge is 0.396 e. The summed E-state index contributed by atoms with van der Waals surface area (Å²) < 4.78 is 7.51. The molecule has 1 aliphatic heterocycles. The van der Waals surface area contributed by atoms with Crippen molar-refractivity contribution in [1.82, 2.24) is 24.8 Å². The molecule has 0 radical (unpaired) electrons. The lowest BCUT2D eigenvalue weighted by Crippen LogP contribution is -2.48. The van der Waals surface area contributed by atoms with Gasteiger partial charge in [0.1, 0.15) is 12.2 Å². The van der Waals surface area contributed by atoms with Gasteiger partial charge in [-0.3, -0.25) is 4.79 Å². The smallest absolute Gasteiger partial charge is 0.244 e. The predicted molar refractivity (Wildman–Crippen MR) is 91.7 cm³/mol. The van der Waals surface area contributed by atoms with Crippen molar-refractivity contribution >= 4 is 5.91 Å². The quantitative estimate of drug-likeness (QED) is 0.784. The minimum absolute atomic E-state index is 0.0906. The highest BCUT2D eigenvalue weighted by Crippen LogP contribution is 2.26. The molecule has 3 rings (SSSR count). The fraction of sp³-hybridized carbons (Fsp3) is 0.824. The molecule has 8 nitrogen and oxygen atoms in total. The number of rotatable bonds is 6. The highest BCUT2D eigenvalue weighted by Gasteiger charge is 2.22. The summed E-state index contributed by atoms with van der Waals surface area (Å²) in [6.45, 7) is 4.33. The summed E-state index contributed by atoms with van der Waals surface area (Å²) in [5, 5.41) is 17.3. The summed E-state index contributed by atoms with van der Waals surface area (Å²) in [4.78, 5) is 16.4. The first-order chi connectivity index (χ1) is 12.1. The molecule has 1 amide bonds. The molecule has 0 unspecified atom stereocenters. The maximum atomic E-state index is 12.3. The number of likely N-dealkylation sites (N-methyl/N-ethyl adjacent to an activating group) is 1. The van der Waals surface area contributed by atoms with Crippen LogP contribution in [0.3, 0.4) is 0 Å². The third-order valence-corrected chi connectivity index (χ3v) is 5.26. The SMILES string of the molecule is CN1CCN(C(=O)Cn2cc(COC3CCC(CO)CC3)nn2)CC1. The molecule has 0 bridgehead atoms. The van der Waals surface area contributed by atoms with Crippen molar-refractivity contribution in [1.29, 1.82) is 0 Å². The number of ether oxygens (including phenoxy) is 1. The lowest BCUT2D eigenvalue weighted by Gasteiger charge is -2.32. The van der Waals surface area contributed by atoms with Crippen molar-refractivity contribution < 1.29 is 14.6 Å². The van der Waals surface area contributed by atoms with Gasteiger partial charge < -0.3 is 19.6 Å². The van der Waals surface area contributed by atoms with E-state index in [1.807, 2.05) is 4.90 Å². The van der Waals surface area contributed by atoms with Crippen LogP contribution >= 0.6 is 0 Å². The van der Waals surface area contributed by atoms with Gasteiger partial charge in [-0.05, 0) is 38.6 Å². The standard InChI is InChI=1S/C17H29N5O3/c1-20-6-8-21(9-7-20)17(24)11-22-10-15(18-19-22)13-25-16-4-2-14(12-23)3-5-16/h10,14,16,23H,2-9,11-13H2,1H3. The third-order valence-electron chi connectivity index (χ3n) is 5.26. The van der Waals surface area contributed by atoms with Crippen LogP contribution in [0.2, 0.25) is 0 Å². The zero-order valence-corrected chi connectivity index (χ0v) is 15.0. The maximum absolute atomic E-state index is 12.3. The molecule has 2 aliphatic rings. The van der Waals surface area contributed by atoms with E-state index in [0.717, 1.165) is 57.6 Å². The van der Waals surface area contributed by atoms with Crippen LogP contribution in [-0.4, -0.2) is 81.7 Å². The van der Waals surface area contributed by atoms with Crippen molar-refractivity contribution in [2.75, 3.05) is 39.8 Å². The number of hydrogen-bond acceptors (Lipinski definition) is 6. The van der Waals surface area contributed by atoms with Gasteiger partial charge >= 0.3 is 0 Å². The summed E-state index contributed by atoms with van der Waals surface area (Å²) in [7, 11) is 2.07. The Labute approximate surface area is 148 Å². The number of amides is 1. The fourth-order valence-electron chi connectivity index (χ4n) is 3.46. The highest BCUT2D eigenvalue weighted by atomic mass is 16.5. The van der Waals surface area contributed by atoms with Gasteiger partial charge in [-0.2, -0.15) is 0 Å². The second-order valence-electron chi connectivity index (χ2n) is 7.23. The van der Waals surface area contributed by atoms with E-state index in [0.29, 0.717) is 12.5 Å². The highest BCUT2D eigenvalue weighted by molar-refractivity contribution is 5.76. The summed E-state index contributed by atoms with van der Waals surface area (Å²) in [5.41, 5.74) is 0.760. The Morgan fingerprint density at radius 1 is 1.24 bits per heavy atom. The van der Waals surface area contributed by atoms with E-state index in [1.165, 1.54) is 0 Å². The molecule has 8 heteroatoms. The predicted octanol–water partition coefficient (Wildman–Crippen LogP) is 0.120. The molecule has 0 aromatic carbocycles. The van der Waals surface area contributed by atoms with Gasteiger partial charge in [-0.1, -0.05) is 5.21 Å². The molecular weight excluding hydrogens is 322 g/mol. The molecule has 1 N–H and O–H groups in total. The molecule has 1 aromatic heterocycles. The fourth-order valence-corrected chi connectivity index (χ4v) is 3.46. The van der Waals surface area contributed by atoms with Crippen LogP contribution in [0, 0.1) is 5.92 Å². The second-order valence-corrected chi connectivity index (χ2v) is 7.23. The van der Waals surface area contributed by atoms with Crippen LogP contribution in [0.4, 0.5) is 0 Å². The van der Waals surface area contributed by atoms with Gasteiger partial charge in [0.15, 0.2) is 0 Å². The molecule has 25 heavy (non-hydrogen) atoms. The number of aromatic nitrogens is 3. The summed E-state index contributed by atoms with van der Waals surface area (Å²) >= 11 is 0. The normalized spacial score (nSPS) is 25.3. The van der Waals surface area contributed by atoms with E-state index in [-0.39, 0.29) is 25.2 Å². The summed E-state index contributed by atoms with van der Waals surface area (Å²) in [6.07, 6.45) is 6.05. The molecule has 2 fully saturated rings. The molecule has 2 heterocycles. The van der Waals surface area contributed by atoms with E-state index in [2.05, 4.69) is 22.3 Å². The van der Waals surface area contributed by atoms with Crippen LogP contribution in [0.15, 0.2) is 6.20 Å². The first-order valence-electron chi connectivity index (χ1n) is 9.22. The Bertz CT molecular complexity index is 548. The number of piperazine rings is 1. The zero-order valence-electron chi connectivity index (χ0n) is 15.0. The van der Waals surface area contributed by atoms with E-state index in [1.54, 1.807) is 10.9 Å². The second kappa shape index (κ2) is 8.73. The van der Waals surface area contributed by atoms with Gasteiger partial charge in [0.05, 0.1) is 18.9 Å². The van der Waals surface area contributed by atoms with Crippen molar-refractivity contribution in [3.8, 4) is 0 Å². The summed E-state index contributed by atoms with van der Waals surface area (Å²) in [6, 6.07) is 0. The van der Waals surface area contributed by atoms with Gasteiger partial charge in [0, 0.05) is 32.8 Å². The minimum atomic E-state index is 0.0906. The van der Waals surface area contributed by atoms with Gasteiger partial charge in [-0.15, -0.1) is 5.10 Å². The first-order valence-corrected chi connectivity index (χ1v) is 9.22. The van der Waals surface area contributed by atoms with E-state index in [4.69, 9.17) is 4.74 Å². The Hall–Kier alpha value is -1.51. The minimum Gasteiger partial charge on any atom is -0.396 e. The number of carbonyl (C=O) groups excluding carboxylic acids is 1. The summed E-state index contributed by atoms with van der Waals surface area (Å²) in [5.74, 6) is 0.522. The van der Waals surface area contributed by atoms with Gasteiger partial charge in [0.25, 0.3) is 0 Å². The maximum Gasteiger partial charge on any atom is 0.244 e. The molecule has 1 saturated heterocycles. The first kappa shape index (κ1) is 18.3. The van der Waals surface area contributed by atoms with Crippen LogP contribution in [0.5, 0.6) is 0 Å². The topological polar surface area (TPSA) is 83.7 Å². The van der Waals surface area contributed by atoms with E-state index in [9.17, 15) is 9.90 Å². The molecule has 1 aromatic rings. The number of nitrogens with zero attached hydrogens (tertiary/aromatic N) is 5. The number of aliphatic hydroxyl groups excluding tert-OH is 1. The Kier molecular flexibility index (Phi) is 6.39. The molecule has 1 aliphatic carbocycles. The van der Waals surface area contributed by atoms with Crippen LogP contribution < -0.4 is 0 Å². The van der Waals surface area contributed by atoms with Crippen LogP contribution in [0.25, 0.3) is 0 Å². The Morgan fingerprint density at radius 3 is 2.64 bits per heavy atom. The third kappa shape index (κ3) is 5.23. The molecule has 1 saturated carbocycles. The lowest BCUT2D eigenvalue weighted by atomic mass is 9.88. The van der Waals surface area contributed by atoms with Crippen molar-refractivity contribution in [2.24, 2.45) is 5.92 Å². The molecular formula is C17H29N5O3. The van der Waals surface area contributed by atoms with Crippen molar-refractivity contribution in [3.63, 3.8) is 0 Å². The zero-order chi connectivity index (χ0) is 17.6. The number of carbonyl (C=O) groups is 1. The molecule has 0 spiro atoms. The van der Waals surface area contributed by atoms with Crippen molar-refractivity contribution in [3.05, 3.63) is 11.9 Å². The lowest BCUT2D eigenvalue weighted by molar-refractivity contribution is -0.133. The monoisotopic (exact) mass is 351 g/mol. The van der Waals surface area contributed by atoms with Crippen molar-refractivity contribution in [2.45, 2.75) is 44.9 Å². The van der Waals surface area contributed by atoms with Gasteiger partial charge in [-0.25, -0.2) is 4.68 Å². The van der Waals surface area contributed by atoms with E-state index < -0.39 is 0 Å². The molecule has 0 atom stereocenters. The van der Waals surface area contributed by atoms with Crippen LogP contribution in [0.1, 0.15) is 31.4 Å². The number of hydrogen-bond donors (Lipinski definition) is 1. The average molecular weight is 351 g/mol. The average Bonchev–Trinajstić information content (AvgIpc) is 3.08. The van der Waals surface area contributed by atoms with E-state index >= 15 is 0 Å². The van der Waals surface area contributed by atoms with Gasteiger partial charge in [0.2, 0.25) is 5.91 Å².